The van der Waals surface area contributed by atoms with Crippen LogP contribution in [0.15, 0.2) is 6.20 Å². The highest BCUT2D eigenvalue weighted by atomic mass is 32.1. The van der Waals surface area contributed by atoms with E-state index in [1.165, 1.54) is 14.0 Å². The van der Waals surface area contributed by atoms with Crippen LogP contribution in [-0.4, -0.2) is 45.7 Å². The maximum absolute atomic E-state index is 12.4. The third-order valence-electron chi connectivity index (χ3n) is 3.58. The van der Waals surface area contributed by atoms with Gasteiger partial charge in [0.2, 0.25) is 5.91 Å². The Bertz CT molecular complexity index is 979. The fourth-order valence-electron chi connectivity index (χ4n) is 2.41. The van der Waals surface area contributed by atoms with Gasteiger partial charge in [0.25, 0.3) is 5.91 Å². The molecule has 0 aliphatic carbocycles. The Morgan fingerprint density at radius 2 is 2.07 bits per heavy atom. The van der Waals surface area contributed by atoms with Gasteiger partial charge in [-0.25, -0.2) is 4.79 Å². The average Bonchev–Trinajstić information content (AvgIpc) is 3.15. The molecule has 0 unspecified atom stereocenters. The molecule has 156 valence electrons. The Labute approximate surface area is 168 Å². The van der Waals surface area contributed by atoms with Gasteiger partial charge in [0.1, 0.15) is 17.7 Å². The Morgan fingerprint density at radius 3 is 2.55 bits per heavy atom. The lowest BCUT2D eigenvalue weighted by atomic mass is 10.1. The molecule has 3 N–H and O–H groups in total. The summed E-state index contributed by atoms with van der Waals surface area (Å²) in [7, 11) is 1.21. The van der Waals surface area contributed by atoms with Crippen molar-refractivity contribution in [1.82, 2.24) is 9.78 Å². The molecule has 0 spiro atoms. The number of primary amides is 1. The fourth-order valence-corrected chi connectivity index (χ4v) is 3.48. The number of rotatable bonds is 8. The molecule has 0 saturated heterocycles. The number of thiophene rings is 1. The lowest BCUT2D eigenvalue weighted by Gasteiger charge is -2.10. The van der Waals surface area contributed by atoms with Crippen LogP contribution in [0.5, 0.6) is 5.88 Å². The second-order valence-corrected chi connectivity index (χ2v) is 7.13. The lowest BCUT2D eigenvalue weighted by Crippen LogP contribution is -2.21. The second kappa shape index (κ2) is 8.68. The van der Waals surface area contributed by atoms with Crippen molar-refractivity contribution in [3.8, 4) is 5.88 Å². The van der Waals surface area contributed by atoms with Crippen LogP contribution in [0.25, 0.3) is 0 Å². The van der Waals surface area contributed by atoms with Crippen molar-refractivity contribution in [2.75, 3.05) is 12.4 Å². The summed E-state index contributed by atoms with van der Waals surface area (Å²) in [4.78, 5) is 46.8. The molecule has 0 aliphatic rings. The summed E-state index contributed by atoms with van der Waals surface area (Å²) in [5, 5.41) is 17.4. The van der Waals surface area contributed by atoms with E-state index in [-0.39, 0.29) is 21.3 Å². The molecular weight excluding hydrogens is 406 g/mol. The van der Waals surface area contributed by atoms with Gasteiger partial charge in [-0.3, -0.25) is 24.4 Å². The van der Waals surface area contributed by atoms with Crippen molar-refractivity contribution in [3.05, 3.63) is 32.3 Å². The van der Waals surface area contributed by atoms with E-state index in [4.69, 9.17) is 15.2 Å². The Balaban J connectivity index is 2.30. The van der Waals surface area contributed by atoms with Crippen LogP contribution >= 0.6 is 11.3 Å². The Kier molecular flexibility index (Phi) is 6.53. The van der Waals surface area contributed by atoms with Crippen LogP contribution in [0.3, 0.4) is 0 Å². The van der Waals surface area contributed by atoms with Crippen LogP contribution in [0, 0.1) is 17.0 Å². The van der Waals surface area contributed by atoms with Crippen LogP contribution in [0.1, 0.15) is 39.4 Å². The fraction of sp³-hybridized carbons (Fsp3) is 0.375. The van der Waals surface area contributed by atoms with Crippen molar-refractivity contribution in [2.45, 2.75) is 33.4 Å². The molecule has 2 amide bonds. The lowest BCUT2D eigenvalue weighted by molar-refractivity contribution is -0.385. The van der Waals surface area contributed by atoms with Gasteiger partial charge in [-0.2, -0.15) is 0 Å². The zero-order valence-corrected chi connectivity index (χ0v) is 16.9. The molecule has 2 heterocycles. The zero-order valence-electron chi connectivity index (χ0n) is 16.0. The molecular formula is C16H19N5O7S. The first kappa shape index (κ1) is 21.8. The SMILES string of the molecule is COc1nn(CC(=O)Nc2sc(C(N)=O)c(C)c2C(=O)OC(C)C)cc1[N+](=O)[O-]. The number of nitrogens with two attached hydrogens (primary N) is 1. The van der Waals surface area contributed by atoms with Gasteiger partial charge in [-0.1, -0.05) is 0 Å². The van der Waals surface area contributed by atoms with E-state index in [1.807, 2.05) is 0 Å². The topological polar surface area (TPSA) is 169 Å². The molecule has 13 heteroatoms. The van der Waals surface area contributed by atoms with E-state index in [0.29, 0.717) is 5.56 Å². The maximum atomic E-state index is 12.4. The number of aromatic nitrogens is 2. The molecule has 0 aromatic carbocycles. The monoisotopic (exact) mass is 425 g/mol. The summed E-state index contributed by atoms with van der Waals surface area (Å²) >= 11 is 0.836. The molecule has 0 atom stereocenters. The molecule has 12 nitrogen and oxygen atoms in total. The van der Waals surface area contributed by atoms with E-state index in [0.717, 1.165) is 22.2 Å². The molecule has 0 saturated carbocycles. The number of hydrogen-bond acceptors (Lipinski definition) is 9. The molecule has 0 radical (unpaired) electrons. The van der Waals surface area contributed by atoms with E-state index in [9.17, 15) is 24.5 Å². The van der Waals surface area contributed by atoms with Crippen molar-refractivity contribution in [3.63, 3.8) is 0 Å². The molecule has 29 heavy (non-hydrogen) atoms. The first-order chi connectivity index (χ1) is 13.5. The van der Waals surface area contributed by atoms with E-state index in [2.05, 4.69) is 10.4 Å². The number of nitro groups is 1. The minimum absolute atomic E-state index is 0.0230. The first-order valence-corrected chi connectivity index (χ1v) is 9.06. The summed E-state index contributed by atoms with van der Waals surface area (Å²) in [5.74, 6) is -2.35. The molecule has 0 fully saturated rings. The normalized spacial score (nSPS) is 10.7. The van der Waals surface area contributed by atoms with Crippen molar-refractivity contribution in [2.24, 2.45) is 5.73 Å². The predicted octanol–water partition coefficient (Wildman–Crippen LogP) is 1.47. The summed E-state index contributed by atoms with van der Waals surface area (Å²) in [6.45, 7) is 4.44. The summed E-state index contributed by atoms with van der Waals surface area (Å²) in [6.07, 6.45) is 0.625. The van der Waals surface area contributed by atoms with Gasteiger partial charge in [-0.15, -0.1) is 16.4 Å². The van der Waals surface area contributed by atoms with Crippen molar-refractivity contribution >= 4 is 39.8 Å². The second-order valence-electron chi connectivity index (χ2n) is 6.11. The maximum Gasteiger partial charge on any atom is 0.350 e. The van der Waals surface area contributed by atoms with Crippen LogP contribution in [0.4, 0.5) is 10.7 Å². The van der Waals surface area contributed by atoms with Gasteiger partial charge < -0.3 is 20.5 Å². The largest absolute Gasteiger partial charge is 0.475 e. The summed E-state index contributed by atoms with van der Waals surface area (Å²) < 4.78 is 11.0. The van der Waals surface area contributed by atoms with Gasteiger partial charge >= 0.3 is 17.5 Å². The minimum Gasteiger partial charge on any atom is -0.475 e. The highest BCUT2D eigenvalue weighted by Crippen LogP contribution is 2.34. The van der Waals surface area contributed by atoms with E-state index in [1.54, 1.807) is 13.8 Å². The minimum atomic E-state index is -0.751. The number of nitrogens with one attached hydrogen (secondary N) is 1. The van der Waals surface area contributed by atoms with Crippen LogP contribution < -0.4 is 15.8 Å². The van der Waals surface area contributed by atoms with Crippen LogP contribution in [-0.2, 0) is 16.1 Å². The molecule has 2 aromatic heterocycles. The summed E-state index contributed by atoms with van der Waals surface area (Å²) in [5.41, 5.74) is 5.25. The highest BCUT2D eigenvalue weighted by molar-refractivity contribution is 7.18. The van der Waals surface area contributed by atoms with Crippen LogP contribution in [0.2, 0.25) is 0 Å². The van der Waals surface area contributed by atoms with Gasteiger partial charge in [0.15, 0.2) is 0 Å². The number of nitrogens with zero attached hydrogens (tertiary/aromatic N) is 3. The van der Waals surface area contributed by atoms with Gasteiger partial charge in [0.05, 0.1) is 28.6 Å². The number of esters is 1. The third kappa shape index (κ3) is 4.87. The number of amides is 2. The highest BCUT2D eigenvalue weighted by Gasteiger charge is 2.27. The molecule has 2 aromatic rings. The van der Waals surface area contributed by atoms with Crippen molar-refractivity contribution < 1.29 is 28.8 Å². The predicted molar refractivity (Wildman–Crippen MR) is 102 cm³/mol. The molecule has 2 rings (SSSR count). The molecule has 0 aliphatic heterocycles. The number of methoxy groups -OCH3 is 1. The van der Waals surface area contributed by atoms with Crippen molar-refractivity contribution in [1.29, 1.82) is 0 Å². The number of anilines is 1. The number of carbonyl (C=O) groups excluding carboxylic acids is 3. The standard InChI is InChI=1S/C16H19N5O7S/c1-7(2)28-16(24)11-8(3)12(13(17)23)29-15(11)18-10(22)6-20-5-9(21(25)26)14(19-20)27-4/h5,7H,6H2,1-4H3,(H2,17,23)(H,18,22). The Hall–Kier alpha value is -3.48. The van der Waals surface area contributed by atoms with Gasteiger partial charge in [-0.05, 0) is 26.3 Å². The first-order valence-electron chi connectivity index (χ1n) is 8.25. The summed E-state index contributed by atoms with van der Waals surface area (Å²) in [6, 6.07) is 0. The average molecular weight is 425 g/mol. The molecule has 0 bridgehead atoms. The van der Waals surface area contributed by atoms with Gasteiger partial charge in [0, 0.05) is 0 Å². The number of ether oxygens (including phenoxy) is 2. The number of carbonyl (C=O) groups is 3. The third-order valence-corrected chi connectivity index (χ3v) is 4.80. The smallest absolute Gasteiger partial charge is 0.350 e. The Morgan fingerprint density at radius 1 is 1.41 bits per heavy atom. The van der Waals surface area contributed by atoms with E-state index < -0.39 is 41.0 Å². The quantitative estimate of drug-likeness (QED) is 0.364. The zero-order chi connectivity index (χ0) is 21.9. The van der Waals surface area contributed by atoms with E-state index >= 15 is 0 Å². The number of hydrogen-bond donors (Lipinski definition) is 2.